The Bertz CT molecular complexity index is 910. The van der Waals surface area contributed by atoms with Crippen LogP contribution in [0.5, 0.6) is 0 Å². The van der Waals surface area contributed by atoms with Crippen LogP contribution in [0, 0.1) is 6.92 Å². The maximum absolute atomic E-state index is 12.4. The zero-order valence-corrected chi connectivity index (χ0v) is 14.0. The average Bonchev–Trinajstić information content (AvgIpc) is 2.95. The van der Waals surface area contributed by atoms with Gasteiger partial charge < -0.3 is 0 Å². The van der Waals surface area contributed by atoms with Crippen LogP contribution >= 0.6 is 11.6 Å². The Kier molecular flexibility index (Phi) is 4.76. The van der Waals surface area contributed by atoms with Gasteiger partial charge in [-0.3, -0.25) is 25.4 Å². The first kappa shape index (κ1) is 16.7. The Hall–Kier alpha value is -3.19. The smallest absolute Gasteiger partial charge is 0.267 e. The maximum Gasteiger partial charge on any atom is 0.274 e. The molecule has 3 rings (SSSR count). The predicted molar refractivity (Wildman–Crippen MR) is 92.5 cm³/mol. The lowest BCUT2D eigenvalue weighted by Crippen LogP contribution is -2.41. The zero-order chi connectivity index (χ0) is 17.8. The Morgan fingerprint density at radius 3 is 2.44 bits per heavy atom. The van der Waals surface area contributed by atoms with Crippen LogP contribution in [0.2, 0.25) is 5.15 Å². The number of carbonyl (C=O) groups is 2. The van der Waals surface area contributed by atoms with E-state index in [4.69, 9.17) is 11.6 Å². The van der Waals surface area contributed by atoms with Gasteiger partial charge in [0.2, 0.25) is 0 Å². The van der Waals surface area contributed by atoms with Crippen LogP contribution in [-0.4, -0.2) is 26.6 Å². The van der Waals surface area contributed by atoms with Gasteiger partial charge in [-0.2, -0.15) is 5.10 Å². The molecule has 8 heteroatoms. The monoisotopic (exact) mass is 355 g/mol. The lowest BCUT2D eigenvalue weighted by atomic mass is 10.2. The van der Waals surface area contributed by atoms with Crippen molar-refractivity contribution < 1.29 is 9.59 Å². The molecule has 0 aliphatic heterocycles. The molecule has 2 heterocycles. The summed E-state index contributed by atoms with van der Waals surface area (Å²) in [4.78, 5) is 28.2. The summed E-state index contributed by atoms with van der Waals surface area (Å²) in [5, 5.41) is 4.45. The molecule has 0 aliphatic rings. The molecule has 0 saturated heterocycles. The number of hydrogen-bond acceptors (Lipinski definition) is 4. The molecule has 2 aromatic heterocycles. The van der Waals surface area contributed by atoms with E-state index in [-0.39, 0.29) is 10.7 Å². The number of pyridine rings is 1. The molecule has 2 amide bonds. The molecule has 2 N–H and O–H groups in total. The van der Waals surface area contributed by atoms with E-state index in [9.17, 15) is 9.59 Å². The molecule has 0 fully saturated rings. The molecular weight excluding hydrogens is 342 g/mol. The van der Waals surface area contributed by atoms with Crippen molar-refractivity contribution in [1.82, 2.24) is 25.6 Å². The molecule has 0 radical (unpaired) electrons. The largest absolute Gasteiger partial charge is 0.274 e. The highest BCUT2D eigenvalue weighted by atomic mass is 35.5. The number of benzene rings is 1. The molecule has 0 spiro atoms. The third-order valence-corrected chi connectivity index (χ3v) is 3.79. The quantitative estimate of drug-likeness (QED) is 0.705. The molecule has 3 aromatic rings. The van der Waals surface area contributed by atoms with Gasteiger partial charge >= 0.3 is 0 Å². The summed E-state index contributed by atoms with van der Waals surface area (Å²) in [6, 6.07) is 12.4. The highest BCUT2D eigenvalue weighted by Gasteiger charge is 2.21. The summed E-state index contributed by atoms with van der Waals surface area (Å²) < 4.78 is 1.47. The predicted octanol–water partition coefficient (Wildman–Crippen LogP) is 2.30. The summed E-state index contributed by atoms with van der Waals surface area (Å²) in [6.45, 7) is 1.67. The van der Waals surface area contributed by atoms with E-state index in [0.29, 0.717) is 11.3 Å². The fourth-order valence-corrected chi connectivity index (χ4v) is 2.60. The van der Waals surface area contributed by atoms with Crippen molar-refractivity contribution in [2.45, 2.75) is 6.92 Å². The molecule has 126 valence electrons. The topological polar surface area (TPSA) is 88.9 Å². The molecule has 0 saturated carbocycles. The molecule has 1 aromatic carbocycles. The number of aryl methyl sites for hydroxylation is 1. The van der Waals surface area contributed by atoms with Crippen molar-refractivity contribution in [3.8, 4) is 5.69 Å². The Morgan fingerprint density at radius 2 is 1.76 bits per heavy atom. The third-order valence-electron chi connectivity index (χ3n) is 3.45. The standard InChI is InChI=1S/C17H14ClN5O2/c1-11-14(15(18)23(22-11)13-7-3-2-4-8-13)17(25)21-20-16(24)12-6-5-9-19-10-12/h2-10H,1H3,(H,20,24)(H,21,25). The van der Waals surface area contributed by atoms with Crippen LogP contribution in [0.4, 0.5) is 0 Å². The number of halogens is 1. The summed E-state index contributed by atoms with van der Waals surface area (Å²) in [5.41, 5.74) is 6.36. The third kappa shape index (κ3) is 3.51. The molecule has 0 aliphatic carbocycles. The number of carbonyl (C=O) groups excluding carboxylic acids is 2. The minimum Gasteiger partial charge on any atom is -0.267 e. The lowest BCUT2D eigenvalue weighted by molar-refractivity contribution is 0.0846. The van der Waals surface area contributed by atoms with E-state index in [1.54, 1.807) is 25.3 Å². The van der Waals surface area contributed by atoms with Gasteiger partial charge in [-0.05, 0) is 31.2 Å². The number of hydrogen-bond donors (Lipinski definition) is 2. The molecule has 0 atom stereocenters. The van der Waals surface area contributed by atoms with Crippen molar-refractivity contribution in [1.29, 1.82) is 0 Å². The fourth-order valence-electron chi connectivity index (χ4n) is 2.24. The van der Waals surface area contributed by atoms with Gasteiger partial charge in [0.1, 0.15) is 10.7 Å². The van der Waals surface area contributed by atoms with E-state index in [0.717, 1.165) is 5.69 Å². The van der Waals surface area contributed by atoms with Crippen LogP contribution in [0.1, 0.15) is 26.4 Å². The number of para-hydroxylation sites is 1. The van der Waals surface area contributed by atoms with Gasteiger partial charge in [0.25, 0.3) is 11.8 Å². The molecular formula is C17H14ClN5O2. The van der Waals surface area contributed by atoms with E-state index < -0.39 is 11.8 Å². The fraction of sp³-hybridized carbons (Fsp3) is 0.0588. The first-order chi connectivity index (χ1) is 12.1. The Morgan fingerprint density at radius 1 is 1.04 bits per heavy atom. The number of amides is 2. The molecule has 25 heavy (non-hydrogen) atoms. The van der Waals surface area contributed by atoms with E-state index in [2.05, 4.69) is 20.9 Å². The van der Waals surface area contributed by atoms with Gasteiger partial charge in [0.05, 0.1) is 16.9 Å². The van der Waals surface area contributed by atoms with Gasteiger partial charge in [0.15, 0.2) is 0 Å². The first-order valence-electron chi connectivity index (χ1n) is 7.39. The Balaban J connectivity index is 1.77. The lowest BCUT2D eigenvalue weighted by Gasteiger charge is -2.07. The molecule has 0 unspecified atom stereocenters. The summed E-state index contributed by atoms with van der Waals surface area (Å²) in [6.07, 6.45) is 2.95. The number of aromatic nitrogens is 3. The normalized spacial score (nSPS) is 10.3. The van der Waals surface area contributed by atoms with Crippen LogP contribution in [0.15, 0.2) is 54.9 Å². The van der Waals surface area contributed by atoms with Gasteiger partial charge in [0, 0.05) is 12.4 Å². The summed E-state index contributed by atoms with van der Waals surface area (Å²) >= 11 is 6.31. The summed E-state index contributed by atoms with van der Waals surface area (Å²) in [7, 11) is 0. The van der Waals surface area contributed by atoms with E-state index in [1.165, 1.54) is 10.9 Å². The van der Waals surface area contributed by atoms with Gasteiger partial charge in [-0.25, -0.2) is 4.68 Å². The second kappa shape index (κ2) is 7.14. The second-order valence-electron chi connectivity index (χ2n) is 5.15. The number of hydrazine groups is 1. The highest BCUT2D eigenvalue weighted by Crippen LogP contribution is 2.23. The van der Waals surface area contributed by atoms with Gasteiger partial charge in [-0.15, -0.1) is 0 Å². The maximum atomic E-state index is 12.4. The van der Waals surface area contributed by atoms with Crippen LogP contribution in [0.3, 0.4) is 0 Å². The minimum absolute atomic E-state index is 0.164. The average molecular weight is 356 g/mol. The van der Waals surface area contributed by atoms with Crippen molar-refractivity contribution in [3.63, 3.8) is 0 Å². The molecule has 7 nitrogen and oxygen atoms in total. The van der Waals surface area contributed by atoms with E-state index in [1.807, 2.05) is 30.3 Å². The number of nitrogens with zero attached hydrogens (tertiary/aromatic N) is 3. The van der Waals surface area contributed by atoms with Crippen molar-refractivity contribution in [2.24, 2.45) is 0 Å². The van der Waals surface area contributed by atoms with Crippen molar-refractivity contribution >= 4 is 23.4 Å². The SMILES string of the molecule is Cc1nn(-c2ccccc2)c(Cl)c1C(=O)NNC(=O)c1cccnc1. The van der Waals surface area contributed by atoms with Gasteiger partial charge in [-0.1, -0.05) is 29.8 Å². The van der Waals surface area contributed by atoms with Crippen molar-refractivity contribution in [3.05, 3.63) is 76.8 Å². The van der Waals surface area contributed by atoms with Crippen LogP contribution < -0.4 is 10.9 Å². The molecule has 0 bridgehead atoms. The number of nitrogens with one attached hydrogen (secondary N) is 2. The Labute approximate surface area is 148 Å². The zero-order valence-electron chi connectivity index (χ0n) is 13.2. The first-order valence-corrected chi connectivity index (χ1v) is 7.77. The highest BCUT2D eigenvalue weighted by molar-refractivity contribution is 6.33. The second-order valence-corrected chi connectivity index (χ2v) is 5.51. The number of rotatable bonds is 3. The van der Waals surface area contributed by atoms with E-state index >= 15 is 0 Å². The van der Waals surface area contributed by atoms with Crippen molar-refractivity contribution in [2.75, 3.05) is 0 Å². The van der Waals surface area contributed by atoms with Crippen LogP contribution in [0.25, 0.3) is 5.69 Å². The summed E-state index contributed by atoms with van der Waals surface area (Å²) in [5.74, 6) is -1.03. The van der Waals surface area contributed by atoms with Crippen LogP contribution in [-0.2, 0) is 0 Å². The minimum atomic E-state index is -0.554.